The lowest BCUT2D eigenvalue weighted by Crippen LogP contribution is -2.24. The molecular weight excluding hydrogens is 164 g/mol. The van der Waals surface area contributed by atoms with Crippen LogP contribution in [0.4, 0.5) is 0 Å². The highest BCUT2D eigenvalue weighted by molar-refractivity contribution is 5.81. The number of unbranched alkanes of at least 4 members (excludes halogenated alkanes) is 1. The van der Waals surface area contributed by atoms with Gasteiger partial charge in [-0.1, -0.05) is 13.3 Å². The molecular formula is C11H20O2. The van der Waals surface area contributed by atoms with Crippen molar-refractivity contribution >= 4 is 5.78 Å². The zero-order chi connectivity index (χ0) is 9.68. The van der Waals surface area contributed by atoms with Crippen LogP contribution in [0.1, 0.15) is 51.9 Å². The van der Waals surface area contributed by atoms with Crippen LogP contribution in [0.15, 0.2) is 0 Å². The lowest BCUT2D eigenvalue weighted by Gasteiger charge is -2.24. The Morgan fingerprint density at radius 1 is 1.31 bits per heavy atom. The molecule has 0 aromatic carbocycles. The van der Waals surface area contributed by atoms with Crippen molar-refractivity contribution in [2.75, 3.05) is 0 Å². The molecule has 13 heavy (non-hydrogen) atoms. The minimum Gasteiger partial charge on any atom is -0.393 e. The molecule has 1 aliphatic rings. The van der Waals surface area contributed by atoms with Gasteiger partial charge in [0.15, 0.2) is 0 Å². The van der Waals surface area contributed by atoms with E-state index in [4.69, 9.17) is 0 Å². The third-order valence-corrected chi connectivity index (χ3v) is 2.93. The van der Waals surface area contributed by atoms with Crippen LogP contribution < -0.4 is 0 Å². The summed E-state index contributed by atoms with van der Waals surface area (Å²) >= 11 is 0. The van der Waals surface area contributed by atoms with Crippen molar-refractivity contribution in [2.45, 2.75) is 58.0 Å². The van der Waals surface area contributed by atoms with Gasteiger partial charge in [-0.05, 0) is 32.1 Å². The third kappa shape index (κ3) is 3.47. The fourth-order valence-corrected chi connectivity index (χ4v) is 1.95. The molecule has 1 N–H and O–H groups in total. The molecule has 1 fully saturated rings. The summed E-state index contributed by atoms with van der Waals surface area (Å²) < 4.78 is 0. The van der Waals surface area contributed by atoms with E-state index in [0.29, 0.717) is 5.78 Å². The Hall–Kier alpha value is -0.370. The van der Waals surface area contributed by atoms with Gasteiger partial charge in [-0.15, -0.1) is 0 Å². The average molecular weight is 184 g/mol. The van der Waals surface area contributed by atoms with Gasteiger partial charge in [-0.3, -0.25) is 4.79 Å². The number of hydrogen-bond acceptors (Lipinski definition) is 2. The monoisotopic (exact) mass is 184 g/mol. The third-order valence-electron chi connectivity index (χ3n) is 2.93. The summed E-state index contributed by atoms with van der Waals surface area (Å²) in [7, 11) is 0. The Kier molecular flexibility index (Phi) is 4.43. The van der Waals surface area contributed by atoms with E-state index in [2.05, 4.69) is 6.92 Å². The molecule has 0 heterocycles. The molecule has 0 spiro atoms. The second-order valence-corrected chi connectivity index (χ2v) is 4.08. The first-order valence-electron chi connectivity index (χ1n) is 5.44. The van der Waals surface area contributed by atoms with E-state index < -0.39 is 0 Å². The van der Waals surface area contributed by atoms with Crippen molar-refractivity contribution in [1.29, 1.82) is 0 Å². The number of rotatable bonds is 4. The molecule has 2 heteroatoms. The summed E-state index contributed by atoms with van der Waals surface area (Å²) in [6.07, 6.45) is 6.18. The van der Waals surface area contributed by atoms with Crippen molar-refractivity contribution in [3.05, 3.63) is 0 Å². The average Bonchev–Trinajstić information content (AvgIpc) is 2.15. The van der Waals surface area contributed by atoms with Gasteiger partial charge in [0.1, 0.15) is 5.78 Å². The van der Waals surface area contributed by atoms with Gasteiger partial charge in [-0.25, -0.2) is 0 Å². The molecule has 0 amide bonds. The molecule has 0 radical (unpaired) electrons. The zero-order valence-corrected chi connectivity index (χ0v) is 8.46. The molecule has 1 rings (SSSR count). The van der Waals surface area contributed by atoms with Gasteiger partial charge >= 0.3 is 0 Å². The molecule has 2 nitrogen and oxygen atoms in total. The second-order valence-electron chi connectivity index (χ2n) is 4.08. The second kappa shape index (κ2) is 5.38. The predicted molar refractivity (Wildman–Crippen MR) is 52.5 cm³/mol. The van der Waals surface area contributed by atoms with E-state index in [9.17, 15) is 9.90 Å². The summed E-state index contributed by atoms with van der Waals surface area (Å²) in [6.45, 7) is 2.11. The highest BCUT2D eigenvalue weighted by atomic mass is 16.3. The molecule has 1 saturated carbocycles. The predicted octanol–water partition coefficient (Wildman–Crippen LogP) is 2.30. The maximum atomic E-state index is 11.6. The maximum absolute atomic E-state index is 11.6. The van der Waals surface area contributed by atoms with E-state index in [1.807, 2.05) is 0 Å². The number of aliphatic hydroxyl groups excluding tert-OH is 1. The molecule has 76 valence electrons. The van der Waals surface area contributed by atoms with Gasteiger partial charge in [0.2, 0.25) is 0 Å². The van der Waals surface area contributed by atoms with Crippen LogP contribution in [-0.4, -0.2) is 17.0 Å². The van der Waals surface area contributed by atoms with E-state index in [-0.39, 0.29) is 12.0 Å². The van der Waals surface area contributed by atoms with E-state index in [1.165, 1.54) is 0 Å². The lowest BCUT2D eigenvalue weighted by atomic mass is 9.83. The molecule has 0 bridgehead atoms. The number of aliphatic hydroxyl groups is 1. The van der Waals surface area contributed by atoms with Crippen LogP contribution in [0, 0.1) is 5.92 Å². The minimum atomic E-state index is -0.143. The summed E-state index contributed by atoms with van der Waals surface area (Å²) in [6, 6.07) is 0. The standard InChI is InChI=1S/C11H20O2/c1-2-3-4-11(13)9-5-7-10(12)8-6-9/h9-10,12H,2-8H2,1H3. The highest BCUT2D eigenvalue weighted by Gasteiger charge is 2.24. The Balaban J connectivity index is 2.23. The van der Waals surface area contributed by atoms with Crippen molar-refractivity contribution in [2.24, 2.45) is 5.92 Å². The van der Waals surface area contributed by atoms with Gasteiger partial charge in [0.25, 0.3) is 0 Å². The van der Waals surface area contributed by atoms with Gasteiger partial charge in [-0.2, -0.15) is 0 Å². The maximum Gasteiger partial charge on any atom is 0.135 e. The fourth-order valence-electron chi connectivity index (χ4n) is 1.95. The van der Waals surface area contributed by atoms with E-state index in [1.54, 1.807) is 0 Å². The van der Waals surface area contributed by atoms with Gasteiger partial charge in [0.05, 0.1) is 6.10 Å². The fraction of sp³-hybridized carbons (Fsp3) is 0.909. The molecule has 0 aliphatic heterocycles. The molecule has 0 unspecified atom stereocenters. The minimum absolute atomic E-state index is 0.143. The lowest BCUT2D eigenvalue weighted by molar-refractivity contribution is -0.124. The van der Waals surface area contributed by atoms with Crippen molar-refractivity contribution in [3.8, 4) is 0 Å². The number of ketones is 1. The normalized spacial score (nSPS) is 28.8. The van der Waals surface area contributed by atoms with E-state index in [0.717, 1.165) is 44.9 Å². The van der Waals surface area contributed by atoms with Crippen LogP contribution >= 0.6 is 0 Å². The SMILES string of the molecule is CCCCC(=O)C1CCC(O)CC1. The van der Waals surface area contributed by atoms with Crippen molar-refractivity contribution in [1.82, 2.24) is 0 Å². The Labute approximate surface area is 80.3 Å². The highest BCUT2D eigenvalue weighted by Crippen LogP contribution is 2.26. The summed E-state index contributed by atoms with van der Waals surface area (Å²) in [5.74, 6) is 0.684. The van der Waals surface area contributed by atoms with Crippen molar-refractivity contribution in [3.63, 3.8) is 0 Å². The van der Waals surface area contributed by atoms with Crippen LogP contribution in [0.3, 0.4) is 0 Å². The Morgan fingerprint density at radius 3 is 2.46 bits per heavy atom. The zero-order valence-electron chi connectivity index (χ0n) is 8.46. The first-order valence-corrected chi connectivity index (χ1v) is 5.44. The first kappa shape index (κ1) is 10.7. The number of carbonyl (C=O) groups is 1. The Morgan fingerprint density at radius 2 is 1.92 bits per heavy atom. The first-order chi connectivity index (χ1) is 6.24. The molecule has 0 atom stereocenters. The molecule has 0 aromatic rings. The van der Waals surface area contributed by atoms with E-state index >= 15 is 0 Å². The number of Topliss-reactive ketones (excluding diaryl/α,β-unsaturated/α-hetero) is 1. The number of hydrogen-bond donors (Lipinski definition) is 1. The topological polar surface area (TPSA) is 37.3 Å². The molecule has 0 saturated heterocycles. The Bertz CT molecular complexity index is 157. The smallest absolute Gasteiger partial charge is 0.135 e. The van der Waals surface area contributed by atoms with Crippen LogP contribution in [0.5, 0.6) is 0 Å². The molecule has 1 aliphatic carbocycles. The summed E-state index contributed by atoms with van der Waals surface area (Å²) in [5.41, 5.74) is 0. The quantitative estimate of drug-likeness (QED) is 0.728. The van der Waals surface area contributed by atoms with Crippen LogP contribution in [0.2, 0.25) is 0 Å². The van der Waals surface area contributed by atoms with Crippen LogP contribution in [-0.2, 0) is 4.79 Å². The van der Waals surface area contributed by atoms with Gasteiger partial charge < -0.3 is 5.11 Å². The largest absolute Gasteiger partial charge is 0.393 e. The summed E-state index contributed by atoms with van der Waals surface area (Å²) in [4.78, 5) is 11.6. The van der Waals surface area contributed by atoms with Crippen LogP contribution in [0.25, 0.3) is 0 Å². The summed E-state index contributed by atoms with van der Waals surface area (Å²) in [5, 5.41) is 9.27. The number of carbonyl (C=O) groups excluding carboxylic acids is 1. The van der Waals surface area contributed by atoms with Crippen molar-refractivity contribution < 1.29 is 9.90 Å². The molecule has 0 aromatic heterocycles. The van der Waals surface area contributed by atoms with Gasteiger partial charge in [0, 0.05) is 12.3 Å².